The molecular weight excluding hydrogens is 505 g/mol. The number of carbonyl (C=O) groups is 1. The number of rotatable bonds is 8. The molecule has 0 aliphatic rings. The molecule has 0 aliphatic heterocycles. The van der Waals surface area contributed by atoms with Crippen molar-refractivity contribution in [2.45, 2.75) is 11.8 Å². The van der Waals surface area contributed by atoms with Gasteiger partial charge in [0.2, 0.25) is 0 Å². The molecule has 0 saturated carbocycles. The van der Waals surface area contributed by atoms with Gasteiger partial charge in [-0.25, -0.2) is 22.9 Å². The number of aromatic nitrogens is 2. The van der Waals surface area contributed by atoms with Crippen molar-refractivity contribution in [3.63, 3.8) is 0 Å². The van der Waals surface area contributed by atoms with Crippen LogP contribution in [0.25, 0.3) is 5.69 Å². The summed E-state index contributed by atoms with van der Waals surface area (Å²) >= 11 is 6.26. The number of benzene rings is 3. The molecule has 0 unspecified atom stereocenters. The molecule has 0 fully saturated rings. The van der Waals surface area contributed by atoms with E-state index in [-0.39, 0.29) is 15.7 Å². The zero-order chi connectivity index (χ0) is 25.7. The van der Waals surface area contributed by atoms with Gasteiger partial charge in [-0.2, -0.15) is 10.2 Å². The fraction of sp³-hybridized carbons (Fsp3) is 0.0800. The second-order valence-electron chi connectivity index (χ2n) is 7.61. The lowest BCUT2D eigenvalue weighted by Crippen LogP contribution is -2.40. The van der Waals surface area contributed by atoms with Gasteiger partial charge in [-0.15, -0.1) is 0 Å². The van der Waals surface area contributed by atoms with Crippen molar-refractivity contribution in [2.75, 3.05) is 10.8 Å². The van der Waals surface area contributed by atoms with E-state index in [0.29, 0.717) is 15.6 Å². The number of hydrogen-bond donors (Lipinski definition) is 1. The molecule has 184 valence electrons. The summed E-state index contributed by atoms with van der Waals surface area (Å²) < 4.78 is 43.4. The number of hydrogen-bond acceptors (Lipinski definition) is 5. The first-order valence-corrected chi connectivity index (χ1v) is 12.6. The molecule has 1 N–H and O–H groups in total. The molecule has 8 nitrogen and oxygen atoms in total. The molecule has 4 aromatic rings. The zero-order valence-electron chi connectivity index (χ0n) is 19.0. The van der Waals surface area contributed by atoms with Gasteiger partial charge in [-0.05, 0) is 43.3 Å². The molecule has 1 aromatic heterocycles. The van der Waals surface area contributed by atoms with Crippen LogP contribution in [0.1, 0.15) is 11.3 Å². The summed E-state index contributed by atoms with van der Waals surface area (Å²) in [7, 11) is -4.24. The third-order valence-electron chi connectivity index (χ3n) is 5.24. The molecule has 36 heavy (non-hydrogen) atoms. The minimum atomic E-state index is -4.24. The van der Waals surface area contributed by atoms with Crippen LogP contribution in [0.3, 0.4) is 0 Å². The molecule has 0 aliphatic carbocycles. The van der Waals surface area contributed by atoms with Gasteiger partial charge in [-0.1, -0.05) is 60.1 Å². The number of hydrazone groups is 1. The number of nitrogens with zero attached hydrogens (tertiary/aromatic N) is 4. The van der Waals surface area contributed by atoms with Gasteiger partial charge in [-0.3, -0.25) is 9.10 Å². The van der Waals surface area contributed by atoms with Crippen molar-refractivity contribution in [1.29, 1.82) is 0 Å². The third kappa shape index (κ3) is 5.29. The summed E-state index contributed by atoms with van der Waals surface area (Å²) in [6, 6.07) is 22.1. The molecule has 1 amide bonds. The molecule has 3 aromatic carbocycles. The van der Waals surface area contributed by atoms with E-state index in [1.165, 1.54) is 36.5 Å². The van der Waals surface area contributed by atoms with E-state index in [9.17, 15) is 17.6 Å². The van der Waals surface area contributed by atoms with E-state index in [4.69, 9.17) is 11.6 Å². The Morgan fingerprint density at radius 1 is 1.06 bits per heavy atom. The Morgan fingerprint density at radius 2 is 1.67 bits per heavy atom. The van der Waals surface area contributed by atoms with Gasteiger partial charge < -0.3 is 0 Å². The maximum Gasteiger partial charge on any atom is 0.264 e. The first-order chi connectivity index (χ1) is 17.3. The lowest BCUT2D eigenvalue weighted by Gasteiger charge is -2.24. The second kappa shape index (κ2) is 10.7. The molecule has 0 saturated heterocycles. The Kier molecular flexibility index (Phi) is 7.47. The van der Waals surface area contributed by atoms with Crippen molar-refractivity contribution in [3.8, 4) is 5.69 Å². The van der Waals surface area contributed by atoms with Crippen LogP contribution in [0.5, 0.6) is 0 Å². The second-order valence-corrected chi connectivity index (χ2v) is 9.83. The van der Waals surface area contributed by atoms with Gasteiger partial charge in [0.05, 0.1) is 33.7 Å². The molecule has 0 atom stereocenters. The fourth-order valence-electron chi connectivity index (χ4n) is 3.46. The van der Waals surface area contributed by atoms with E-state index in [2.05, 4.69) is 15.6 Å². The van der Waals surface area contributed by atoms with Gasteiger partial charge >= 0.3 is 0 Å². The topological polar surface area (TPSA) is 96.7 Å². The van der Waals surface area contributed by atoms with Crippen molar-refractivity contribution in [1.82, 2.24) is 15.2 Å². The van der Waals surface area contributed by atoms with E-state index >= 15 is 0 Å². The Morgan fingerprint density at radius 3 is 2.33 bits per heavy atom. The highest BCUT2D eigenvalue weighted by atomic mass is 35.5. The van der Waals surface area contributed by atoms with Gasteiger partial charge in [0.15, 0.2) is 5.15 Å². The number of carbonyl (C=O) groups excluding carboxylic acids is 1. The van der Waals surface area contributed by atoms with E-state index in [1.807, 2.05) is 30.3 Å². The number of sulfonamides is 1. The molecular formula is C25H21ClFN5O3S. The van der Waals surface area contributed by atoms with Crippen LogP contribution >= 0.6 is 11.6 Å². The summed E-state index contributed by atoms with van der Waals surface area (Å²) in [5.41, 5.74) is 3.98. The van der Waals surface area contributed by atoms with E-state index in [0.717, 1.165) is 11.8 Å². The molecule has 0 radical (unpaired) electrons. The quantitative estimate of drug-likeness (QED) is 0.274. The number of amides is 1. The van der Waals surface area contributed by atoms with Crippen LogP contribution < -0.4 is 9.73 Å². The highest BCUT2D eigenvalue weighted by molar-refractivity contribution is 7.92. The van der Waals surface area contributed by atoms with Crippen LogP contribution in [0, 0.1) is 12.7 Å². The number of anilines is 1. The fourth-order valence-corrected chi connectivity index (χ4v) is 5.17. The first-order valence-electron chi connectivity index (χ1n) is 10.7. The van der Waals surface area contributed by atoms with Crippen LogP contribution in [0.2, 0.25) is 5.15 Å². The van der Waals surface area contributed by atoms with E-state index in [1.54, 1.807) is 29.8 Å². The van der Waals surface area contributed by atoms with Crippen molar-refractivity contribution < 1.29 is 17.6 Å². The van der Waals surface area contributed by atoms with Gasteiger partial charge in [0.25, 0.3) is 15.9 Å². The maximum atomic E-state index is 14.5. The zero-order valence-corrected chi connectivity index (χ0v) is 20.6. The highest BCUT2D eigenvalue weighted by Gasteiger charge is 2.29. The Labute approximate surface area is 212 Å². The predicted molar refractivity (Wildman–Crippen MR) is 136 cm³/mol. The van der Waals surface area contributed by atoms with Gasteiger partial charge in [0, 0.05) is 0 Å². The third-order valence-corrected chi connectivity index (χ3v) is 7.29. The summed E-state index contributed by atoms with van der Waals surface area (Å²) in [4.78, 5) is 12.6. The lowest BCUT2D eigenvalue weighted by atomic mass is 10.2. The Hall–Kier alpha value is -4.02. The van der Waals surface area contributed by atoms with Crippen LogP contribution in [0.4, 0.5) is 10.1 Å². The summed E-state index contributed by atoms with van der Waals surface area (Å²) in [5.74, 6) is -1.57. The first kappa shape index (κ1) is 25.1. The average Bonchev–Trinajstić information content (AvgIpc) is 3.17. The van der Waals surface area contributed by atoms with Crippen molar-refractivity contribution >= 4 is 39.4 Å². The summed E-state index contributed by atoms with van der Waals surface area (Å²) in [6.07, 6.45) is 1.32. The van der Waals surface area contributed by atoms with Gasteiger partial charge in [0.1, 0.15) is 12.4 Å². The van der Waals surface area contributed by atoms with Crippen molar-refractivity contribution in [3.05, 3.63) is 107 Å². The lowest BCUT2D eigenvalue weighted by molar-refractivity contribution is -0.119. The number of halogens is 2. The Balaban J connectivity index is 1.56. The standard InChI is InChI=1S/C25H21ClFN5O3S/c1-18-21(25(26)30-32(18)19-10-4-2-5-11-19)16-28-29-24(33)17-31(23-15-9-8-14-22(23)27)36(34,35)20-12-6-3-7-13-20/h2-16H,17H2,1H3,(H,29,33)/b28-16-. The Bertz CT molecular complexity index is 1510. The molecule has 11 heteroatoms. The van der Waals surface area contributed by atoms with Crippen molar-refractivity contribution in [2.24, 2.45) is 5.10 Å². The number of para-hydroxylation sites is 2. The highest BCUT2D eigenvalue weighted by Crippen LogP contribution is 2.26. The smallest absolute Gasteiger partial charge is 0.264 e. The van der Waals surface area contributed by atoms with Crippen LogP contribution in [-0.2, 0) is 14.8 Å². The summed E-state index contributed by atoms with van der Waals surface area (Å²) in [6.45, 7) is 1.09. The molecule has 1 heterocycles. The predicted octanol–water partition coefficient (Wildman–Crippen LogP) is 4.32. The SMILES string of the molecule is Cc1c(/C=N\NC(=O)CN(c2ccccc2F)S(=O)(=O)c2ccccc2)c(Cl)nn1-c1ccccc1. The average molecular weight is 526 g/mol. The monoisotopic (exact) mass is 525 g/mol. The van der Waals surface area contributed by atoms with E-state index < -0.39 is 28.3 Å². The molecule has 4 rings (SSSR count). The van der Waals surface area contributed by atoms with Crippen LogP contribution in [0.15, 0.2) is 94.9 Å². The maximum absolute atomic E-state index is 14.5. The number of nitrogens with one attached hydrogen (secondary N) is 1. The minimum absolute atomic E-state index is 0.0831. The van der Waals surface area contributed by atoms with Crippen LogP contribution in [-0.4, -0.2) is 36.9 Å². The normalized spacial score (nSPS) is 11.5. The molecule has 0 bridgehead atoms. The molecule has 0 spiro atoms. The summed E-state index contributed by atoms with van der Waals surface area (Å²) in [5, 5.41) is 8.38. The largest absolute Gasteiger partial charge is 0.271 e. The minimum Gasteiger partial charge on any atom is -0.271 e.